The standard InChI is InChI=1S/C17H24N2S/c1-4-8-15-16(12-18-11-13(2)3)20-17(19-15)14-9-6-5-7-10-14/h5-7,9-10,13,18H,4,8,11-12H2,1-3H3. The summed E-state index contributed by atoms with van der Waals surface area (Å²) in [5, 5.41) is 4.68. The first kappa shape index (κ1) is 15.2. The molecule has 0 saturated heterocycles. The van der Waals surface area contributed by atoms with Gasteiger partial charge in [0.25, 0.3) is 0 Å². The average molecular weight is 288 g/mol. The maximum absolute atomic E-state index is 4.85. The summed E-state index contributed by atoms with van der Waals surface area (Å²) in [6, 6.07) is 10.5. The van der Waals surface area contributed by atoms with Gasteiger partial charge in [0.1, 0.15) is 5.01 Å². The van der Waals surface area contributed by atoms with E-state index in [0.29, 0.717) is 5.92 Å². The number of hydrogen-bond acceptors (Lipinski definition) is 3. The van der Waals surface area contributed by atoms with Crippen LogP contribution in [-0.2, 0) is 13.0 Å². The third-order valence-electron chi connectivity index (χ3n) is 3.12. The van der Waals surface area contributed by atoms with Crippen molar-refractivity contribution < 1.29 is 0 Å². The van der Waals surface area contributed by atoms with E-state index in [2.05, 4.69) is 56.4 Å². The SMILES string of the molecule is CCCc1nc(-c2ccccc2)sc1CNCC(C)C. The molecule has 0 amide bonds. The van der Waals surface area contributed by atoms with Crippen molar-refractivity contribution in [1.82, 2.24) is 10.3 Å². The van der Waals surface area contributed by atoms with Crippen molar-refractivity contribution >= 4 is 11.3 Å². The third-order valence-corrected chi connectivity index (χ3v) is 4.27. The van der Waals surface area contributed by atoms with Crippen LogP contribution in [0.3, 0.4) is 0 Å². The number of thiazole rings is 1. The van der Waals surface area contributed by atoms with Gasteiger partial charge in [-0.05, 0) is 18.9 Å². The second-order valence-electron chi connectivity index (χ2n) is 5.53. The van der Waals surface area contributed by atoms with E-state index < -0.39 is 0 Å². The summed E-state index contributed by atoms with van der Waals surface area (Å²) in [4.78, 5) is 6.24. The molecule has 108 valence electrons. The van der Waals surface area contributed by atoms with Crippen molar-refractivity contribution in [3.8, 4) is 10.6 Å². The van der Waals surface area contributed by atoms with E-state index in [1.165, 1.54) is 16.1 Å². The maximum Gasteiger partial charge on any atom is 0.123 e. The van der Waals surface area contributed by atoms with Gasteiger partial charge >= 0.3 is 0 Å². The molecular weight excluding hydrogens is 264 g/mol. The summed E-state index contributed by atoms with van der Waals surface area (Å²) in [7, 11) is 0. The van der Waals surface area contributed by atoms with Crippen LogP contribution in [0.5, 0.6) is 0 Å². The summed E-state index contributed by atoms with van der Waals surface area (Å²) < 4.78 is 0. The summed E-state index contributed by atoms with van der Waals surface area (Å²) in [5.41, 5.74) is 2.50. The van der Waals surface area contributed by atoms with Crippen molar-refractivity contribution in [2.24, 2.45) is 5.92 Å². The Hall–Kier alpha value is -1.19. The quantitative estimate of drug-likeness (QED) is 0.811. The highest BCUT2D eigenvalue weighted by Crippen LogP contribution is 2.28. The Morgan fingerprint density at radius 1 is 1.20 bits per heavy atom. The Balaban J connectivity index is 2.15. The number of nitrogens with one attached hydrogen (secondary N) is 1. The molecule has 0 radical (unpaired) electrons. The van der Waals surface area contributed by atoms with Gasteiger partial charge in [0.05, 0.1) is 5.69 Å². The fraction of sp³-hybridized carbons (Fsp3) is 0.471. The van der Waals surface area contributed by atoms with E-state index in [-0.39, 0.29) is 0 Å². The fourth-order valence-corrected chi connectivity index (χ4v) is 3.22. The van der Waals surface area contributed by atoms with Gasteiger partial charge < -0.3 is 5.32 Å². The molecule has 0 fully saturated rings. The molecule has 2 rings (SSSR count). The van der Waals surface area contributed by atoms with Crippen LogP contribution in [0.4, 0.5) is 0 Å². The molecular formula is C17H24N2S. The smallest absolute Gasteiger partial charge is 0.123 e. The summed E-state index contributed by atoms with van der Waals surface area (Å²) in [6.07, 6.45) is 2.22. The average Bonchev–Trinajstić information content (AvgIpc) is 2.83. The number of aryl methyl sites for hydroxylation is 1. The van der Waals surface area contributed by atoms with Gasteiger partial charge in [-0.1, -0.05) is 57.5 Å². The Labute approximate surface area is 126 Å². The summed E-state index contributed by atoms with van der Waals surface area (Å²) in [6.45, 7) is 8.69. The summed E-state index contributed by atoms with van der Waals surface area (Å²) >= 11 is 1.83. The second kappa shape index (κ2) is 7.55. The molecule has 0 aliphatic carbocycles. The van der Waals surface area contributed by atoms with E-state index in [0.717, 1.165) is 30.9 Å². The Morgan fingerprint density at radius 2 is 1.95 bits per heavy atom. The van der Waals surface area contributed by atoms with Crippen LogP contribution in [0.25, 0.3) is 10.6 Å². The van der Waals surface area contributed by atoms with E-state index in [4.69, 9.17) is 4.98 Å². The van der Waals surface area contributed by atoms with Crippen LogP contribution in [0, 0.1) is 5.92 Å². The number of nitrogens with zero attached hydrogens (tertiary/aromatic N) is 1. The van der Waals surface area contributed by atoms with Gasteiger partial charge in [0, 0.05) is 17.0 Å². The van der Waals surface area contributed by atoms with Gasteiger partial charge in [-0.15, -0.1) is 11.3 Å². The first-order valence-corrected chi connectivity index (χ1v) is 8.27. The van der Waals surface area contributed by atoms with Gasteiger partial charge in [-0.25, -0.2) is 4.98 Å². The van der Waals surface area contributed by atoms with E-state index >= 15 is 0 Å². The topological polar surface area (TPSA) is 24.9 Å². The van der Waals surface area contributed by atoms with Crippen molar-refractivity contribution in [3.05, 3.63) is 40.9 Å². The number of hydrogen-bond donors (Lipinski definition) is 1. The van der Waals surface area contributed by atoms with Crippen molar-refractivity contribution in [1.29, 1.82) is 0 Å². The molecule has 0 bridgehead atoms. The molecule has 0 atom stereocenters. The molecule has 0 aliphatic heterocycles. The molecule has 0 unspecified atom stereocenters. The van der Waals surface area contributed by atoms with E-state index in [9.17, 15) is 0 Å². The minimum absolute atomic E-state index is 0.686. The highest BCUT2D eigenvalue weighted by Gasteiger charge is 2.11. The highest BCUT2D eigenvalue weighted by atomic mass is 32.1. The second-order valence-corrected chi connectivity index (χ2v) is 6.61. The van der Waals surface area contributed by atoms with Gasteiger partial charge in [0.2, 0.25) is 0 Å². The van der Waals surface area contributed by atoms with Crippen molar-refractivity contribution in [2.45, 2.75) is 40.2 Å². The highest BCUT2D eigenvalue weighted by molar-refractivity contribution is 7.15. The van der Waals surface area contributed by atoms with Crippen LogP contribution < -0.4 is 5.32 Å². The lowest BCUT2D eigenvalue weighted by molar-refractivity contribution is 0.553. The van der Waals surface area contributed by atoms with Crippen LogP contribution in [-0.4, -0.2) is 11.5 Å². The molecule has 0 spiro atoms. The molecule has 1 aromatic carbocycles. The molecule has 20 heavy (non-hydrogen) atoms. The molecule has 1 aromatic heterocycles. The zero-order valence-corrected chi connectivity index (χ0v) is 13.5. The Bertz CT molecular complexity index is 517. The normalized spacial score (nSPS) is 11.2. The molecule has 3 heteroatoms. The predicted molar refractivity (Wildman–Crippen MR) is 88.1 cm³/mol. The lowest BCUT2D eigenvalue weighted by Gasteiger charge is -2.06. The predicted octanol–water partition coefficient (Wildman–Crippen LogP) is 4.51. The first-order chi connectivity index (χ1) is 9.70. The van der Waals surface area contributed by atoms with Gasteiger partial charge in [-0.2, -0.15) is 0 Å². The monoisotopic (exact) mass is 288 g/mol. The molecule has 1 heterocycles. The molecule has 1 N–H and O–H groups in total. The zero-order chi connectivity index (χ0) is 14.4. The lowest BCUT2D eigenvalue weighted by Crippen LogP contribution is -2.19. The summed E-state index contributed by atoms with van der Waals surface area (Å²) in [5.74, 6) is 0.686. The first-order valence-electron chi connectivity index (χ1n) is 7.45. The van der Waals surface area contributed by atoms with E-state index in [1.54, 1.807) is 0 Å². The van der Waals surface area contributed by atoms with Crippen LogP contribution in [0.15, 0.2) is 30.3 Å². The minimum Gasteiger partial charge on any atom is -0.312 e. The van der Waals surface area contributed by atoms with Crippen LogP contribution >= 0.6 is 11.3 Å². The van der Waals surface area contributed by atoms with Crippen LogP contribution in [0.1, 0.15) is 37.8 Å². The molecule has 0 aliphatic rings. The minimum atomic E-state index is 0.686. The Kier molecular flexibility index (Phi) is 5.74. The fourth-order valence-electron chi connectivity index (χ4n) is 2.13. The van der Waals surface area contributed by atoms with Crippen molar-refractivity contribution in [3.63, 3.8) is 0 Å². The van der Waals surface area contributed by atoms with E-state index in [1.807, 2.05) is 11.3 Å². The van der Waals surface area contributed by atoms with Gasteiger partial charge in [0.15, 0.2) is 0 Å². The third kappa shape index (κ3) is 4.15. The zero-order valence-electron chi connectivity index (χ0n) is 12.6. The largest absolute Gasteiger partial charge is 0.312 e. The Morgan fingerprint density at radius 3 is 2.60 bits per heavy atom. The van der Waals surface area contributed by atoms with Crippen LogP contribution in [0.2, 0.25) is 0 Å². The number of aromatic nitrogens is 1. The number of rotatable bonds is 7. The maximum atomic E-state index is 4.85. The molecule has 2 nitrogen and oxygen atoms in total. The van der Waals surface area contributed by atoms with Gasteiger partial charge in [-0.3, -0.25) is 0 Å². The lowest BCUT2D eigenvalue weighted by atomic mass is 10.2. The van der Waals surface area contributed by atoms with Crippen molar-refractivity contribution in [2.75, 3.05) is 6.54 Å². The number of benzene rings is 1. The molecule has 0 saturated carbocycles. The molecule has 2 aromatic rings.